The molecule has 0 aromatic carbocycles. The number of hydrogen-bond donors (Lipinski definition) is 1. The zero-order valence-corrected chi connectivity index (χ0v) is 7.67. The van der Waals surface area contributed by atoms with Gasteiger partial charge in [0.15, 0.2) is 5.76 Å². The van der Waals surface area contributed by atoms with Crippen molar-refractivity contribution in [1.82, 2.24) is 0 Å². The lowest BCUT2D eigenvalue weighted by atomic mass is 9.95. The van der Waals surface area contributed by atoms with Gasteiger partial charge in [0.25, 0.3) is 5.78 Å². The zero-order chi connectivity index (χ0) is 10.2. The summed E-state index contributed by atoms with van der Waals surface area (Å²) in [5.74, 6) is -1.65. The summed E-state index contributed by atoms with van der Waals surface area (Å²) in [6.45, 7) is 2.94. The van der Waals surface area contributed by atoms with Crippen LogP contribution in [0.1, 0.15) is 13.8 Å². The van der Waals surface area contributed by atoms with Gasteiger partial charge < -0.3 is 9.84 Å². The van der Waals surface area contributed by atoms with Gasteiger partial charge in [-0.2, -0.15) is 0 Å². The molecular weight excluding hydrogens is 172 g/mol. The molecule has 1 aliphatic rings. The number of ketones is 2. The van der Waals surface area contributed by atoms with Gasteiger partial charge in [-0.25, -0.2) is 0 Å². The summed E-state index contributed by atoms with van der Waals surface area (Å²) in [6.07, 6.45) is 0. The van der Waals surface area contributed by atoms with Gasteiger partial charge >= 0.3 is 0 Å². The number of carbonyl (C=O) groups is 2. The molecule has 0 saturated carbocycles. The smallest absolute Gasteiger partial charge is 0.268 e. The minimum absolute atomic E-state index is 0.0725. The van der Waals surface area contributed by atoms with Gasteiger partial charge in [0.1, 0.15) is 5.76 Å². The Hall–Kier alpha value is -1.58. The Morgan fingerprint density at radius 3 is 2.08 bits per heavy atom. The lowest BCUT2D eigenvalue weighted by Crippen LogP contribution is -2.25. The predicted molar refractivity (Wildman–Crippen MR) is 45.1 cm³/mol. The van der Waals surface area contributed by atoms with Crippen LogP contribution in [0.4, 0.5) is 0 Å². The van der Waals surface area contributed by atoms with E-state index in [0.29, 0.717) is 5.57 Å². The largest absolute Gasteiger partial charge is 0.507 e. The van der Waals surface area contributed by atoms with E-state index >= 15 is 0 Å². The van der Waals surface area contributed by atoms with Gasteiger partial charge in [0.05, 0.1) is 7.11 Å². The molecule has 1 N–H and O–H groups in total. The number of Topliss-reactive ketones (excluding diaryl/α,β-unsaturated/α-hetero) is 2. The first kappa shape index (κ1) is 9.51. The van der Waals surface area contributed by atoms with Crippen LogP contribution >= 0.6 is 0 Å². The molecule has 0 fully saturated rings. The topological polar surface area (TPSA) is 63.6 Å². The quantitative estimate of drug-likeness (QED) is 0.483. The maximum Gasteiger partial charge on any atom is 0.268 e. The van der Waals surface area contributed by atoms with Crippen LogP contribution in [0.3, 0.4) is 0 Å². The van der Waals surface area contributed by atoms with Crippen LogP contribution in [0.15, 0.2) is 22.7 Å². The number of rotatable bonds is 1. The molecule has 1 aliphatic carbocycles. The summed E-state index contributed by atoms with van der Waals surface area (Å²) in [6, 6.07) is 0. The summed E-state index contributed by atoms with van der Waals surface area (Å²) < 4.78 is 4.72. The molecular formula is C9H10O4. The number of aliphatic hydroxyl groups excluding tert-OH is 1. The average molecular weight is 182 g/mol. The van der Waals surface area contributed by atoms with Crippen molar-refractivity contribution >= 4 is 11.6 Å². The molecule has 4 heteroatoms. The van der Waals surface area contributed by atoms with Gasteiger partial charge in [-0.3, -0.25) is 9.59 Å². The maximum absolute atomic E-state index is 11.2. The summed E-state index contributed by atoms with van der Waals surface area (Å²) in [4.78, 5) is 22.4. The fourth-order valence-corrected chi connectivity index (χ4v) is 1.19. The van der Waals surface area contributed by atoms with Crippen LogP contribution in [-0.4, -0.2) is 23.8 Å². The molecule has 0 unspecified atom stereocenters. The summed E-state index contributed by atoms with van der Waals surface area (Å²) in [5, 5.41) is 9.40. The minimum atomic E-state index is -0.708. The van der Waals surface area contributed by atoms with Gasteiger partial charge in [0.2, 0.25) is 5.78 Å². The molecule has 13 heavy (non-hydrogen) atoms. The van der Waals surface area contributed by atoms with Crippen LogP contribution in [0, 0.1) is 0 Å². The number of methoxy groups -OCH3 is 1. The van der Waals surface area contributed by atoms with E-state index in [0.717, 1.165) is 0 Å². The van der Waals surface area contributed by atoms with E-state index in [-0.39, 0.29) is 17.1 Å². The summed E-state index contributed by atoms with van der Waals surface area (Å²) >= 11 is 0. The van der Waals surface area contributed by atoms with Crippen molar-refractivity contribution in [2.45, 2.75) is 13.8 Å². The number of allylic oxidation sites excluding steroid dienone is 3. The molecule has 0 aliphatic heterocycles. The molecule has 1 rings (SSSR count). The van der Waals surface area contributed by atoms with E-state index in [2.05, 4.69) is 0 Å². The van der Waals surface area contributed by atoms with E-state index in [1.807, 2.05) is 0 Å². The first-order valence-electron chi connectivity index (χ1n) is 3.74. The average Bonchev–Trinajstić information content (AvgIpc) is 2.13. The first-order chi connectivity index (χ1) is 6.00. The predicted octanol–water partition coefficient (Wildman–Crippen LogP) is 0.891. The molecule has 0 heterocycles. The highest BCUT2D eigenvalue weighted by Gasteiger charge is 2.31. The Balaban J connectivity index is 3.35. The Bertz CT molecular complexity index is 347. The third-order valence-corrected chi connectivity index (χ3v) is 2.01. The Kier molecular flexibility index (Phi) is 2.23. The van der Waals surface area contributed by atoms with Gasteiger partial charge in [-0.1, -0.05) is 0 Å². The molecule has 0 aromatic heterocycles. The number of ether oxygens (including phenoxy) is 1. The Morgan fingerprint density at radius 1 is 1.08 bits per heavy atom. The highest BCUT2D eigenvalue weighted by Crippen LogP contribution is 2.23. The van der Waals surface area contributed by atoms with E-state index in [1.165, 1.54) is 21.0 Å². The molecule has 0 atom stereocenters. The zero-order valence-electron chi connectivity index (χ0n) is 7.67. The normalized spacial score (nSPS) is 18.4. The third kappa shape index (κ3) is 1.24. The highest BCUT2D eigenvalue weighted by molar-refractivity contribution is 6.49. The van der Waals surface area contributed by atoms with E-state index in [1.54, 1.807) is 0 Å². The monoisotopic (exact) mass is 182 g/mol. The van der Waals surface area contributed by atoms with Crippen LogP contribution in [0.25, 0.3) is 0 Å². The molecule has 0 saturated heterocycles. The summed E-state index contributed by atoms with van der Waals surface area (Å²) in [7, 11) is 1.29. The lowest BCUT2D eigenvalue weighted by Gasteiger charge is -2.15. The van der Waals surface area contributed by atoms with Crippen molar-refractivity contribution in [3.05, 3.63) is 22.7 Å². The first-order valence-corrected chi connectivity index (χ1v) is 3.74. The van der Waals surface area contributed by atoms with Crippen LogP contribution < -0.4 is 0 Å². The molecule has 0 radical (unpaired) electrons. The van der Waals surface area contributed by atoms with Crippen LogP contribution in [0.5, 0.6) is 0 Å². The maximum atomic E-state index is 11.2. The van der Waals surface area contributed by atoms with Crippen LogP contribution in [0.2, 0.25) is 0 Å². The molecule has 70 valence electrons. The molecule has 0 bridgehead atoms. The fraction of sp³-hybridized carbons (Fsp3) is 0.333. The minimum Gasteiger partial charge on any atom is -0.507 e. The second kappa shape index (κ2) is 3.05. The standard InChI is InChI=1S/C9H10O4/c1-4-6(10)5(2)9(13-3)8(12)7(4)11/h10H,1-3H3. The number of hydrogen-bond acceptors (Lipinski definition) is 4. The molecule has 4 nitrogen and oxygen atoms in total. The second-order valence-electron chi connectivity index (χ2n) is 2.79. The Labute approximate surface area is 75.5 Å². The number of carbonyl (C=O) groups excluding carboxylic acids is 2. The fourth-order valence-electron chi connectivity index (χ4n) is 1.19. The van der Waals surface area contributed by atoms with Gasteiger partial charge in [-0.05, 0) is 13.8 Å². The van der Waals surface area contributed by atoms with Crippen molar-refractivity contribution in [2.75, 3.05) is 7.11 Å². The second-order valence-corrected chi connectivity index (χ2v) is 2.79. The van der Waals surface area contributed by atoms with E-state index in [9.17, 15) is 14.7 Å². The molecule has 0 amide bonds. The van der Waals surface area contributed by atoms with Gasteiger partial charge in [0, 0.05) is 11.1 Å². The third-order valence-electron chi connectivity index (χ3n) is 2.01. The molecule has 0 spiro atoms. The van der Waals surface area contributed by atoms with Crippen molar-refractivity contribution in [3.63, 3.8) is 0 Å². The van der Waals surface area contributed by atoms with Crippen molar-refractivity contribution in [2.24, 2.45) is 0 Å². The lowest BCUT2D eigenvalue weighted by molar-refractivity contribution is -0.134. The van der Waals surface area contributed by atoms with Crippen molar-refractivity contribution in [1.29, 1.82) is 0 Å². The van der Waals surface area contributed by atoms with E-state index < -0.39 is 11.6 Å². The van der Waals surface area contributed by atoms with Gasteiger partial charge in [-0.15, -0.1) is 0 Å². The molecule has 0 aromatic rings. The van der Waals surface area contributed by atoms with E-state index in [4.69, 9.17) is 4.74 Å². The van der Waals surface area contributed by atoms with Crippen LogP contribution in [-0.2, 0) is 14.3 Å². The van der Waals surface area contributed by atoms with Crippen molar-refractivity contribution < 1.29 is 19.4 Å². The number of aliphatic hydroxyl groups is 1. The van der Waals surface area contributed by atoms with Crippen molar-refractivity contribution in [3.8, 4) is 0 Å². The SMILES string of the molecule is COC1=C(C)C(O)=C(C)C(=O)C1=O. The highest BCUT2D eigenvalue weighted by atomic mass is 16.5. The summed E-state index contributed by atoms with van der Waals surface area (Å²) in [5.41, 5.74) is 0.382. The Morgan fingerprint density at radius 2 is 1.62 bits per heavy atom.